The summed E-state index contributed by atoms with van der Waals surface area (Å²) in [5, 5.41) is 6.76. The van der Waals surface area contributed by atoms with Crippen molar-refractivity contribution in [1.82, 2.24) is 20.4 Å². The number of carbonyl (C=O) groups is 2. The summed E-state index contributed by atoms with van der Waals surface area (Å²) in [4.78, 5) is 31.1. The molecule has 1 saturated heterocycles. The van der Waals surface area contributed by atoms with E-state index in [9.17, 15) is 9.59 Å². The Hall–Kier alpha value is -3.42. The number of hydrogen-bond acceptors (Lipinski definition) is 6. The Kier molecular flexibility index (Phi) is 5.65. The van der Waals surface area contributed by atoms with Crippen LogP contribution in [-0.4, -0.2) is 39.4 Å². The van der Waals surface area contributed by atoms with E-state index in [1.807, 2.05) is 38.1 Å². The number of aromatic nitrogens is 2. The molecule has 3 heterocycles. The molecule has 1 aromatic carbocycles. The van der Waals surface area contributed by atoms with Gasteiger partial charge < -0.3 is 19.2 Å². The molecular weight excluding hydrogens is 384 g/mol. The zero-order valence-corrected chi connectivity index (χ0v) is 17.1. The smallest absolute Gasteiger partial charge is 0.243 e. The van der Waals surface area contributed by atoms with Gasteiger partial charge in [-0.05, 0) is 32.3 Å². The second-order valence-corrected chi connectivity index (χ2v) is 7.54. The minimum Gasteiger partial charge on any atom is -0.443 e. The first-order valence-corrected chi connectivity index (χ1v) is 10.00. The van der Waals surface area contributed by atoms with Gasteiger partial charge in [0.15, 0.2) is 12.2 Å². The van der Waals surface area contributed by atoms with E-state index in [1.165, 1.54) is 6.39 Å². The summed E-state index contributed by atoms with van der Waals surface area (Å²) in [6.07, 6.45) is 3.02. The molecule has 0 spiro atoms. The van der Waals surface area contributed by atoms with Crippen molar-refractivity contribution in [1.29, 1.82) is 0 Å². The number of oxazole rings is 1. The van der Waals surface area contributed by atoms with E-state index in [0.29, 0.717) is 25.3 Å². The van der Waals surface area contributed by atoms with Crippen LogP contribution in [0.25, 0.3) is 11.3 Å². The van der Waals surface area contributed by atoms with Crippen LogP contribution in [0.3, 0.4) is 0 Å². The Morgan fingerprint density at radius 3 is 2.70 bits per heavy atom. The lowest BCUT2D eigenvalue weighted by molar-refractivity contribution is -0.138. The Morgan fingerprint density at radius 1 is 1.23 bits per heavy atom. The highest BCUT2D eigenvalue weighted by Crippen LogP contribution is 2.23. The molecule has 0 saturated carbocycles. The summed E-state index contributed by atoms with van der Waals surface area (Å²) >= 11 is 0. The predicted octanol–water partition coefficient (Wildman–Crippen LogP) is 2.80. The topological polar surface area (TPSA) is 101 Å². The molecule has 1 N–H and O–H groups in total. The highest BCUT2D eigenvalue weighted by atomic mass is 16.5. The van der Waals surface area contributed by atoms with Crippen LogP contribution < -0.4 is 5.32 Å². The van der Waals surface area contributed by atoms with E-state index in [-0.39, 0.29) is 18.2 Å². The largest absolute Gasteiger partial charge is 0.443 e. The molecule has 0 aliphatic carbocycles. The number of carbonyl (C=O) groups excluding carboxylic acids is 2. The summed E-state index contributed by atoms with van der Waals surface area (Å²) in [7, 11) is 0. The van der Waals surface area contributed by atoms with Crippen LogP contribution in [-0.2, 0) is 22.6 Å². The quantitative estimate of drug-likeness (QED) is 0.673. The molecule has 3 aromatic rings. The van der Waals surface area contributed by atoms with Crippen LogP contribution in [0.15, 0.2) is 45.7 Å². The molecular formula is C22H24N4O4. The molecule has 2 aromatic heterocycles. The van der Waals surface area contributed by atoms with Crippen LogP contribution in [0.5, 0.6) is 0 Å². The highest BCUT2D eigenvalue weighted by molar-refractivity contribution is 5.88. The van der Waals surface area contributed by atoms with Crippen molar-refractivity contribution in [3.63, 3.8) is 0 Å². The van der Waals surface area contributed by atoms with E-state index in [4.69, 9.17) is 8.94 Å². The van der Waals surface area contributed by atoms with Crippen LogP contribution in [0.1, 0.15) is 35.6 Å². The van der Waals surface area contributed by atoms with Gasteiger partial charge in [-0.3, -0.25) is 9.59 Å². The molecule has 30 heavy (non-hydrogen) atoms. The van der Waals surface area contributed by atoms with Crippen molar-refractivity contribution in [2.24, 2.45) is 0 Å². The van der Waals surface area contributed by atoms with Crippen LogP contribution >= 0.6 is 0 Å². The minimum atomic E-state index is -0.447. The van der Waals surface area contributed by atoms with Gasteiger partial charge in [0, 0.05) is 24.7 Å². The molecule has 8 heteroatoms. The third-order valence-electron chi connectivity index (χ3n) is 5.31. The Balaban J connectivity index is 1.34. The van der Waals surface area contributed by atoms with Crippen LogP contribution in [0, 0.1) is 13.8 Å². The number of likely N-dealkylation sites (tertiary alicyclic amines) is 1. The lowest BCUT2D eigenvalue weighted by atomic mass is 10.1. The summed E-state index contributed by atoms with van der Waals surface area (Å²) in [5.41, 5.74) is 3.48. The van der Waals surface area contributed by atoms with Gasteiger partial charge in [0.1, 0.15) is 11.8 Å². The fourth-order valence-electron chi connectivity index (χ4n) is 3.75. The number of rotatable bonds is 6. The zero-order chi connectivity index (χ0) is 21.1. The SMILES string of the molecule is Cc1cc(CC(=O)N2CCC[C@H]2C(=O)NCc2ccc(-c3ocnc3C)cc2)on1. The lowest BCUT2D eigenvalue weighted by Crippen LogP contribution is -2.46. The summed E-state index contributed by atoms with van der Waals surface area (Å²) in [6.45, 7) is 4.68. The minimum absolute atomic E-state index is 0.115. The molecule has 8 nitrogen and oxygen atoms in total. The normalized spacial score (nSPS) is 16.1. The Labute approximate surface area is 174 Å². The van der Waals surface area contributed by atoms with Gasteiger partial charge in [-0.2, -0.15) is 0 Å². The average molecular weight is 408 g/mol. The van der Waals surface area contributed by atoms with Gasteiger partial charge in [0.2, 0.25) is 11.8 Å². The fraction of sp³-hybridized carbons (Fsp3) is 0.364. The number of hydrogen-bond donors (Lipinski definition) is 1. The maximum Gasteiger partial charge on any atom is 0.243 e. The van der Waals surface area contributed by atoms with Crippen LogP contribution in [0.4, 0.5) is 0 Å². The predicted molar refractivity (Wildman–Crippen MR) is 108 cm³/mol. The summed E-state index contributed by atoms with van der Waals surface area (Å²) in [5.74, 6) is 1.01. The van der Waals surface area contributed by atoms with E-state index in [0.717, 1.165) is 34.7 Å². The standard InChI is InChI=1S/C22H24N4O4/c1-14-10-18(30-25-14)11-20(27)26-9-3-4-19(26)22(28)23-12-16-5-7-17(8-6-16)21-15(2)24-13-29-21/h5-8,10,13,19H,3-4,9,11-12H2,1-2H3,(H,23,28)/t19-/m0/s1. The highest BCUT2D eigenvalue weighted by Gasteiger charge is 2.34. The van der Waals surface area contributed by atoms with Crippen molar-refractivity contribution in [3.05, 3.63) is 59.4 Å². The molecule has 0 radical (unpaired) electrons. The van der Waals surface area contributed by atoms with Gasteiger partial charge in [0.05, 0.1) is 17.8 Å². The molecule has 1 fully saturated rings. The second-order valence-electron chi connectivity index (χ2n) is 7.54. The molecule has 1 aliphatic heterocycles. The summed E-state index contributed by atoms with van der Waals surface area (Å²) < 4.78 is 10.5. The first-order valence-electron chi connectivity index (χ1n) is 10.00. The van der Waals surface area contributed by atoms with Gasteiger partial charge in [0.25, 0.3) is 0 Å². The fourth-order valence-corrected chi connectivity index (χ4v) is 3.75. The monoisotopic (exact) mass is 408 g/mol. The first kappa shape index (κ1) is 19.9. The number of amides is 2. The lowest BCUT2D eigenvalue weighted by Gasteiger charge is -2.23. The van der Waals surface area contributed by atoms with E-state index in [1.54, 1.807) is 11.0 Å². The first-order chi connectivity index (χ1) is 14.5. The van der Waals surface area contributed by atoms with Crippen molar-refractivity contribution < 1.29 is 18.5 Å². The average Bonchev–Trinajstić information content (AvgIpc) is 3.48. The third kappa shape index (κ3) is 4.27. The van der Waals surface area contributed by atoms with Crippen molar-refractivity contribution in [2.45, 2.75) is 45.7 Å². The van der Waals surface area contributed by atoms with Gasteiger partial charge in [-0.1, -0.05) is 29.4 Å². The second kappa shape index (κ2) is 8.52. The van der Waals surface area contributed by atoms with Crippen LogP contribution in [0.2, 0.25) is 0 Å². The van der Waals surface area contributed by atoms with E-state index < -0.39 is 6.04 Å². The third-order valence-corrected chi connectivity index (χ3v) is 5.31. The molecule has 0 unspecified atom stereocenters. The maximum atomic E-state index is 12.7. The van der Waals surface area contributed by atoms with E-state index in [2.05, 4.69) is 15.5 Å². The molecule has 2 amide bonds. The molecule has 1 atom stereocenters. The van der Waals surface area contributed by atoms with Crippen molar-refractivity contribution >= 4 is 11.8 Å². The van der Waals surface area contributed by atoms with E-state index >= 15 is 0 Å². The summed E-state index contributed by atoms with van der Waals surface area (Å²) in [6, 6.07) is 9.08. The van der Waals surface area contributed by atoms with Gasteiger partial charge in [-0.15, -0.1) is 0 Å². The van der Waals surface area contributed by atoms with Gasteiger partial charge >= 0.3 is 0 Å². The molecule has 0 bridgehead atoms. The Morgan fingerprint density at radius 2 is 2.03 bits per heavy atom. The number of nitrogens with one attached hydrogen (secondary N) is 1. The molecule has 1 aliphatic rings. The maximum absolute atomic E-state index is 12.7. The molecule has 156 valence electrons. The number of nitrogens with zero attached hydrogens (tertiary/aromatic N) is 3. The van der Waals surface area contributed by atoms with Gasteiger partial charge in [-0.25, -0.2) is 4.98 Å². The number of aryl methyl sites for hydroxylation is 2. The van der Waals surface area contributed by atoms with Crippen molar-refractivity contribution in [3.8, 4) is 11.3 Å². The Bertz CT molecular complexity index is 1040. The zero-order valence-electron chi connectivity index (χ0n) is 17.1. The molecule has 4 rings (SSSR count). The number of benzene rings is 1. The van der Waals surface area contributed by atoms with Crippen molar-refractivity contribution in [2.75, 3.05) is 6.54 Å².